The summed E-state index contributed by atoms with van der Waals surface area (Å²) in [6, 6.07) is 10.1. The van der Waals surface area contributed by atoms with E-state index < -0.39 is 0 Å². The molecule has 0 saturated carbocycles. The normalized spacial score (nSPS) is 10.9. The van der Waals surface area contributed by atoms with Crippen LogP contribution in [0.3, 0.4) is 0 Å². The van der Waals surface area contributed by atoms with Crippen molar-refractivity contribution in [3.05, 3.63) is 35.9 Å². The first kappa shape index (κ1) is 18.1. The van der Waals surface area contributed by atoms with Gasteiger partial charge in [0.25, 0.3) is 0 Å². The molecule has 0 N–H and O–H groups in total. The highest BCUT2D eigenvalue weighted by atomic mass is 16.6. The van der Waals surface area contributed by atoms with E-state index >= 15 is 0 Å². The Kier molecular flexibility index (Phi) is 12.1. The van der Waals surface area contributed by atoms with Crippen LogP contribution in [0.15, 0.2) is 30.3 Å². The van der Waals surface area contributed by atoms with Crippen molar-refractivity contribution < 1.29 is 18.9 Å². The Morgan fingerprint density at radius 1 is 0.667 bits per heavy atom. The average Bonchev–Trinajstić information content (AvgIpc) is 2.53. The van der Waals surface area contributed by atoms with Gasteiger partial charge in [-0.25, -0.2) is 0 Å². The Balaban J connectivity index is 1.75. The van der Waals surface area contributed by atoms with Crippen molar-refractivity contribution in [2.75, 3.05) is 46.2 Å². The second kappa shape index (κ2) is 14.0. The molecule has 0 amide bonds. The Morgan fingerprint density at radius 3 is 1.76 bits per heavy atom. The SMILES string of the molecule is CCCCOCCOCCOCCOCc1ccccc1. The summed E-state index contributed by atoms with van der Waals surface area (Å²) in [5.74, 6) is 0. The first-order valence-electron chi connectivity index (χ1n) is 7.78. The molecule has 0 aromatic heterocycles. The van der Waals surface area contributed by atoms with Crippen LogP contribution < -0.4 is 0 Å². The molecule has 0 atom stereocenters. The average molecular weight is 296 g/mol. The van der Waals surface area contributed by atoms with Crippen LogP contribution in [-0.4, -0.2) is 46.2 Å². The maximum Gasteiger partial charge on any atom is 0.0718 e. The second-order valence-corrected chi connectivity index (χ2v) is 4.73. The number of hydrogen-bond acceptors (Lipinski definition) is 4. The third kappa shape index (κ3) is 11.4. The van der Waals surface area contributed by atoms with E-state index in [1.165, 1.54) is 12.0 Å². The molecule has 21 heavy (non-hydrogen) atoms. The Labute approximate surface area is 128 Å². The predicted octanol–water partition coefficient (Wildman–Crippen LogP) is 3.05. The highest BCUT2D eigenvalue weighted by Gasteiger charge is 1.94. The van der Waals surface area contributed by atoms with Gasteiger partial charge in [-0.15, -0.1) is 0 Å². The third-order valence-corrected chi connectivity index (χ3v) is 2.87. The lowest BCUT2D eigenvalue weighted by Crippen LogP contribution is -2.12. The molecule has 120 valence electrons. The van der Waals surface area contributed by atoms with Gasteiger partial charge in [-0.2, -0.15) is 0 Å². The molecule has 0 unspecified atom stereocenters. The quantitative estimate of drug-likeness (QED) is 0.494. The van der Waals surface area contributed by atoms with Gasteiger partial charge in [0.1, 0.15) is 0 Å². The maximum atomic E-state index is 5.52. The minimum atomic E-state index is 0.600. The van der Waals surface area contributed by atoms with Gasteiger partial charge in [0.05, 0.1) is 46.2 Å². The third-order valence-electron chi connectivity index (χ3n) is 2.87. The molecule has 1 rings (SSSR count). The van der Waals surface area contributed by atoms with Crippen molar-refractivity contribution in [1.29, 1.82) is 0 Å². The molecule has 0 bridgehead atoms. The van der Waals surface area contributed by atoms with E-state index in [1.807, 2.05) is 18.2 Å². The van der Waals surface area contributed by atoms with Gasteiger partial charge < -0.3 is 18.9 Å². The molecule has 0 heterocycles. The molecule has 0 aliphatic heterocycles. The van der Waals surface area contributed by atoms with Gasteiger partial charge in [0.15, 0.2) is 0 Å². The summed E-state index contributed by atoms with van der Waals surface area (Å²) in [6.45, 7) is 7.33. The van der Waals surface area contributed by atoms with Crippen LogP contribution in [0.1, 0.15) is 25.3 Å². The summed E-state index contributed by atoms with van der Waals surface area (Å²) in [4.78, 5) is 0. The van der Waals surface area contributed by atoms with E-state index in [-0.39, 0.29) is 0 Å². The number of hydrogen-bond donors (Lipinski definition) is 0. The van der Waals surface area contributed by atoms with E-state index in [9.17, 15) is 0 Å². The van der Waals surface area contributed by atoms with Crippen molar-refractivity contribution in [2.45, 2.75) is 26.4 Å². The van der Waals surface area contributed by atoms with Gasteiger partial charge in [0.2, 0.25) is 0 Å². The smallest absolute Gasteiger partial charge is 0.0718 e. The lowest BCUT2D eigenvalue weighted by atomic mass is 10.2. The molecule has 4 nitrogen and oxygen atoms in total. The summed E-state index contributed by atoms with van der Waals surface area (Å²) in [6.07, 6.45) is 2.28. The summed E-state index contributed by atoms with van der Waals surface area (Å²) in [5, 5.41) is 0. The number of unbranched alkanes of at least 4 members (excludes halogenated alkanes) is 1. The predicted molar refractivity (Wildman–Crippen MR) is 83.5 cm³/mol. The monoisotopic (exact) mass is 296 g/mol. The first-order chi connectivity index (χ1) is 10.4. The molecule has 4 heteroatoms. The van der Waals surface area contributed by atoms with Crippen LogP contribution in [0.25, 0.3) is 0 Å². The van der Waals surface area contributed by atoms with Crippen molar-refractivity contribution in [1.82, 2.24) is 0 Å². The molecular formula is C17H28O4. The van der Waals surface area contributed by atoms with Crippen LogP contribution in [0, 0.1) is 0 Å². The van der Waals surface area contributed by atoms with E-state index in [0.29, 0.717) is 46.2 Å². The Hall–Kier alpha value is -0.940. The summed E-state index contributed by atoms with van der Waals surface area (Å²) in [7, 11) is 0. The number of benzene rings is 1. The summed E-state index contributed by atoms with van der Waals surface area (Å²) >= 11 is 0. The van der Waals surface area contributed by atoms with Crippen molar-refractivity contribution >= 4 is 0 Å². The fourth-order valence-corrected chi connectivity index (χ4v) is 1.67. The second-order valence-electron chi connectivity index (χ2n) is 4.73. The number of rotatable bonds is 14. The summed E-state index contributed by atoms with van der Waals surface area (Å²) < 4.78 is 21.7. The topological polar surface area (TPSA) is 36.9 Å². The zero-order chi connectivity index (χ0) is 15.0. The van der Waals surface area contributed by atoms with Crippen molar-refractivity contribution in [3.8, 4) is 0 Å². The Bertz CT molecular complexity index is 316. The largest absolute Gasteiger partial charge is 0.379 e. The van der Waals surface area contributed by atoms with Crippen LogP contribution in [-0.2, 0) is 25.6 Å². The first-order valence-corrected chi connectivity index (χ1v) is 7.78. The van der Waals surface area contributed by atoms with E-state index in [2.05, 4.69) is 19.1 Å². The molecule has 0 saturated heterocycles. The molecule has 0 radical (unpaired) electrons. The number of ether oxygens (including phenoxy) is 4. The molecule has 0 aliphatic carbocycles. The van der Waals surface area contributed by atoms with Gasteiger partial charge in [-0.3, -0.25) is 0 Å². The van der Waals surface area contributed by atoms with E-state index in [4.69, 9.17) is 18.9 Å². The van der Waals surface area contributed by atoms with Gasteiger partial charge in [0, 0.05) is 6.61 Å². The van der Waals surface area contributed by atoms with Crippen LogP contribution >= 0.6 is 0 Å². The highest BCUT2D eigenvalue weighted by Crippen LogP contribution is 1.99. The maximum absolute atomic E-state index is 5.52. The van der Waals surface area contributed by atoms with Crippen molar-refractivity contribution in [3.63, 3.8) is 0 Å². The molecule has 1 aromatic carbocycles. The molecule has 1 aromatic rings. The highest BCUT2D eigenvalue weighted by molar-refractivity contribution is 5.13. The summed E-state index contributed by atoms with van der Waals surface area (Å²) in [5.41, 5.74) is 1.18. The van der Waals surface area contributed by atoms with E-state index in [0.717, 1.165) is 13.0 Å². The Morgan fingerprint density at radius 2 is 1.19 bits per heavy atom. The van der Waals surface area contributed by atoms with Crippen LogP contribution in [0.5, 0.6) is 0 Å². The van der Waals surface area contributed by atoms with Crippen LogP contribution in [0.4, 0.5) is 0 Å². The molecule has 0 fully saturated rings. The minimum Gasteiger partial charge on any atom is -0.379 e. The fourth-order valence-electron chi connectivity index (χ4n) is 1.67. The standard InChI is InChI=1S/C17H28O4/c1-2-3-9-18-10-11-19-12-13-20-14-15-21-16-17-7-5-4-6-8-17/h4-8H,2-3,9-16H2,1H3. The molecular weight excluding hydrogens is 268 g/mol. The fraction of sp³-hybridized carbons (Fsp3) is 0.647. The van der Waals surface area contributed by atoms with Crippen LogP contribution in [0.2, 0.25) is 0 Å². The van der Waals surface area contributed by atoms with Crippen molar-refractivity contribution in [2.24, 2.45) is 0 Å². The minimum absolute atomic E-state index is 0.600. The molecule has 0 spiro atoms. The zero-order valence-electron chi connectivity index (χ0n) is 13.1. The lowest BCUT2D eigenvalue weighted by molar-refractivity contribution is -0.00430. The molecule has 0 aliphatic rings. The lowest BCUT2D eigenvalue weighted by Gasteiger charge is -2.07. The van der Waals surface area contributed by atoms with Gasteiger partial charge >= 0.3 is 0 Å². The van der Waals surface area contributed by atoms with Gasteiger partial charge in [-0.1, -0.05) is 43.7 Å². The van der Waals surface area contributed by atoms with E-state index in [1.54, 1.807) is 0 Å². The van der Waals surface area contributed by atoms with Gasteiger partial charge in [-0.05, 0) is 12.0 Å². The zero-order valence-corrected chi connectivity index (χ0v) is 13.1.